The van der Waals surface area contributed by atoms with Gasteiger partial charge in [-0.15, -0.1) is 0 Å². The molecule has 2 aromatic rings. The molecule has 148 valence electrons. The van der Waals surface area contributed by atoms with Gasteiger partial charge in [-0.3, -0.25) is 4.99 Å². The van der Waals surface area contributed by atoms with E-state index in [0.717, 1.165) is 50.1 Å². The van der Waals surface area contributed by atoms with Crippen LogP contribution in [0.3, 0.4) is 0 Å². The Balaban J connectivity index is 1.30. The van der Waals surface area contributed by atoms with Crippen molar-refractivity contribution in [3.63, 3.8) is 0 Å². The summed E-state index contributed by atoms with van der Waals surface area (Å²) in [5, 5.41) is 3.46. The van der Waals surface area contributed by atoms with Crippen LogP contribution in [0.2, 0.25) is 0 Å². The summed E-state index contributed by atoms with van der Waals surface area (Å²) in [5.74, 6) is 1.87. The molecule has 0 aliphatic carbocycles. The second-order valence-corrected chi connectivity index (χ2v) is 7.66. The zero-order chi connectivity index (χ0) is 19.2. The van der Waals surface area contributed by atoms with Gasteiger partial charge in [0, 0.05) is 37.7 Å². The van der Waals surface area contributed by atoms with Crippen LogP contribution >= 0.6 is 0 Å². The first-order valence-electron chi connectivity index (χ1n) is 10.1. The minimum atomic E-state index is 0.336. The Hall–Kier alpha value is -2.53. The number of guanidine groups is 1. The van der Waals surface area contributed by atoms with Crippen LogP contribution in [0.15, 0.2) is 59.6 Å². The molecule has 0 aromatic heterocycles. The van der Waals surface area contributed by atoms with Crippen molar-refractivity contribution in [3.8, 4) is 16.9 Å². The van der Waals surface area contributed by atoms with E-state index in [1.807, 2.05) is 31.3 Å². The summed E-state index contributed by atoms with van der Waals surface area (Å²) >= 11 is 0. The van der Waals surface area contributed by atoms with E-state index in [-0.39, 0.29) is 0 Å². The molecule has 1 N–H and O–H groups in total. The van der Waals surface area contributed by atoms with Crippen LogP contribution in [-0.4, -0.2) is 57.4 Å². The van der Waals surface area contributed by atoms with E-state index in [1.54, 1.807) is 0 Å². The molecule has 1 atom stereocenters. The fourth-order valence-electron chi connectivity index (χ4n) is 4.19. The molecule has 5 heteroatoms. The maximum Gasteiger partial charge on any atom is 0.193 e. The van der Waals surface area contributed by atoms with Gasteiger partial charge in [-0.2, -0.15) is 0 Å². The molecule has 0 saturated carbocycles. The van der Waals surface area contributed by atoms with Crippen molar-refractivity contribution in [2.45, 2.75) is 12.8 Å². The first-order chi connectivity index (χ1) is 13.8. The first kappa shape index (κ1) is 18.8. The smallest absolute Gasteiger partial charge is 0.193 e. The van der Waals surface area contributed by atoms with Gasteiger partial charge in [0.2, 0.25) is 0 Å². The Bertz CT molecular complexity index is 801. The molecule has 2 saturated heterocycles. The highest BCUT2D eigenvalue weighted by Gasteiger charge is 2.42. The monoisotopic (exact) mass is 379 g/mol. The second-order valence-electron chi connectivity index (χ2n) is 7.66. The molecule has 2 fully saturated rings. The number of nitrogens with one attached hydrogen (secondary N) is 1. The Morgan fingerprint density at radius 1 is 1.14 bits per heavy atom. The maximum atomic E-state index is 6.09. The van der Waals surface area contributed by atoms with E-state index in [4.69, 9.17) is 9.47 Å². The lowest BCUT2D eigenvalue weighted by Crippen LogP contribution is -2.42. The van der Waals surface area contributed by atoms with E-state index in [1.165, 1.54) is 18.4 Å². The van der Waals surface area contributed by atoms with Gasteiger partial charge in [-0.25, -0.2) is 0 Å². The average Bonchev–Trinajstić information content (AvgIpc) is 3.39. The molecule has 1 spiro atoms. The number of hydrogen-bond acceptors (Lipinski definition) is 3. The van der Waals surface area contributed by atoms with Gasteiger partial charge in [0.25, 0.3) is 0 Å². The average molecular weight is 380 g/mol. The predicted molar refractivity (Wildman–Crippen MR) is 113 cm³/mol. The zero-order valence-corrected chi connectivity index (χ0v) is 16.6. The number of nitrogens with zero attached hydrogens (tertiary/aromatic N) is 2. The van der Waals surface area contributed by atoms with Gasteiger partial charge >= 0.3 is 0 Å². The van der Waals surface area contributed by atoms with Crippen LogP contribution in [0.1, 0.15) is 12.8 Å². The lowest BCUT2D eigenvalue weighted by Gasteiger charge is -2.25. The Morgan fingerprint density at radius 3 is 2.75 bits per heavy atom. The highest BCUT2D eigenvalue weighted by molar-refractivity contribution is 5.80. The first-order valence-corrected chi connectivity index (χ1v) is 10.1. The third-order valence-corrected chi connectivity index (χ3v) is 5.75. The number of likely N-dealkylation sites (tertiary alicyclic amines) is 1. The standard InChI is InChI=1S/C23H29N3O2/c1-24-22(26-14-11-23(17-26)12-15-27-18-23)25-13-16-28-21-10-6-5-9-20(21)19-7-3-2-4-8-19/h2-10H,11-18H2,1H3,(H,24,25). The number of aliphatic imine (C=N–C) groups is 1. The Labute approximate surface area is 167 Å². The van der Waals surface area contributed by atoms with Gasteiger partial charge in [0.05, 0.1) is 13.2 Å². The summed E-state index contributed by atoms with van der Waals surface area (Å²) in [4.78, 5) is 6.82. The van der Waals surface area contributed by atoms with Crippen LogP contribution in [0.5, 0.6) is 5.75 Å². The summed E-state index contributed by atoms with van der Waals surface area (Å²) in [6.45, 7) is 5.17. The normalized spacial score (nSPS) is 22.0. The topological polar surface area (TPSA) is 46.1 Å². The number of ether oxygens (including phenoxy) is 2. The predicted octanol–water partition coefficient (Wildman–Crippen LogP) is 3.42. The van der Waals surface area contributed by atoms with Crippen molar-refractivity contribution < 1.29 is 9.47 Å². The van der Waals surface area contributed by atoms with Crippen molar-refractivity contribution in [1.82, 2.24) is 10.2 Å². The molecule has 2 aliphatic rings. The highest BCUT2D eigenvalue weighted by atomic mass is 16.5. The highest BCUT2D eigenvalue weighted by Crippen LogP contribution is 2.38. The van der Waals surface area contributed by atoms with E-state index < -0.39 is 0 Å². The minimum Gasteiger partial charge on any atom is -0.491 e. The van der Waals surface area contributed by atoms with Gasteiger partial charge in [-0.05, 0) is 24.5 Å². The van der Waals surface area contributed by atoms with Gasteiger partial charge in [0.15, 0.2) is 5.96 Å². The molecular weight excluding hydrogens is 350 g/mol. The Morgan fingerprint density at radius 2 is 1.96 bits per heavy atom. The van der Waals surface area contributed by atoms with Crippen LogP contribution in [-0.2, 0) is 4.74 Å². The fourth-order valence-corrected chi connectivity index (χ4v) is 4.19. The summed E-state index contributed by atoms with van der Waals surface area (Å²) in [6, 6.07) is 18.5. The number of rotatable bonds is 5. The Kier molecular flexibility index (Phi) is 5.81. The quantitative estimate of drug-likeness (QED) is 0.491. The van der Waals surface area contributed by atoms with Crippen LogP contribution in [0.4, 0.5) is 0 Å². The van der Waals surface area contributed by atoms with E-state index in [2.05, 4.69) is 45.5 Å². The molecule has 2 aromatic carbocycles. The van der Waals surface area contributed by atoms with Crippen molar-refractivity contribution >= 4 is 5.96 Å². The fraction of sp³-hybridized carbons (Fsp3) is 0.435. The summed E-state index contributed by atoms with van der Waals surface area (Å²) < 4.78 is 11.7. The molecule has 0 amide bonds. The zero-order valence-electron chi connectivity index (χ0n) is 16.6. The summed E-state index contributed by atoms with van der Waals surface area (Å²) in [7, 11) is 1.85. The van der Waals surface area contributed by atoms with Crippen LogP contribution < -0.4 is 10.1 Å². The number of benzene rings is 2. The van der Waals surface area contributed by atoms with Gasteiger partial charge in [0.1, 0.15) is 12.4 Å². The van der Waals surface area contributed by atoms with Gasteiger partial charge < -0.3 is 19.7 Å². The van der Waals surface area contributed by atoms with Gasteiger partial charge in [-0.1, -0.05) is 48.5 Å². The van der Waals surface area contributed by atoms with Crippen LogP contribution in [0.25, 0.3) is 11.1 Å². The third-order valence-electron chi connectivity index (χ3n) is 5.75. The second kappa shape index (κ2) is 8.65. The molecule has 2 heterocycles. The van der Waals surface area contributed by atoms with Crippen molar-refractivity contribution in [2.24, 2.45) is 10.4 Å². The SMILES string of the molecule is CN=C(NCCOc1ccccc1-c1ccccc1)N1CCC2(CCOC2)C1. The molecule has 5 nitrogen and oxygen atoms in total. The number of hydrogen-bond donors (Lipinski definition) is 1. The van der Waals surface area contributed by atoms with E-state index >= 15 is 0 Å². The van der Waals surface area contributed by atoms with Crippen LogP contribution in [0, 0.1) is 5.41 Å². The lowest BCUT2D eigenvalue weighted by molar-refractivity contribution is 0.156. The summed E-state index contributed by atoms with van der Waals surface area (Å²) in [6.07, 6.45) is 2.36. The minimum absolute atomic E-state index is 0.336. The van der Waals surface area contributed by atoms with Crippen molar-refractivity contribution in [3.05, 3.63) is 54.6 Å². The number of para-hydroxylation sites is 1. The largest absolute Gasteiger partial charge is 0.491 e. The molecule has 1 unspecified atom stereocenters. The molecule has 0 bridgehead atoms. The van der Waals surface area contributed by atoms with Crippen molar-refractivity contribution in [2.75, 3.05) is 46.5 Å². The third kappa shape index (κ3) is 4.14. The molecule has 28 heavy (non-hydrogen) atoms. The van der Waals surface area contributed by atoms with E-state index in [9.17, 15) is 0 Å². The summed E-state index contributed by atoms with van der Waals surface area (Å²) in [5.41, 5.74) is 2.63. The lowest BCUT2D eigenvalue weighted by atomic mass is 9.87. The van der Waals surface area contributed by atoms with E-state index in [0.29, 0.717) is 12.0 Å². The molecular formula is C23H29N3O2. The molecule has 4 rings (SSSR count). The van der Waals surface area contributed by atoms with Crippen molar-refractivity contribution in [1.29, 1.82) is 0 Å². The molecule has 0 radical (unpaired) electrons. The maximum absolute atomic E-state index is 6.09. The molecule has 2 aliphatic heterocycles.